The second kappa shape index (κ2) is 5.43. The second-order valence-electron chi connectivity index (χ2n) is 4.08. The van der Waals surface area contributed by atoms with Crippen molar-refractivity contribution < 1.29 is 4.21 Å². The van der Waals surface area contributed by atoms with Crippen LogP contribution in [0.1, 0.15) is 26.7 Å². The first kappa shape index (κ1) is 12.4. The summed E-state index contributed by atoms with van der Waals surface area (Å²) in [4.78, 5) is 0. The minimum atomic E-state index is -0.880. The predicted molar refractivity (Wildman–Crippen MR) is 64.2 cm³/mol. The van der Waals surface area contributed by atoms with Crippen molar-refractivity contribution in [3.63, 3.8) is 0 Å². The van der Waals surface area contributed by atoms with E-state index in [4.69, 9.17) is 5.26 Å². The average molecular weight is 241 g/mol. The quantitative estimate of drug-likeness (QED) is 0.794. The van der Waals surface area contributed by atoms with Gasteiger partial charge in [-0.05, 0) is 38.1 Å². The lowest BCUT2D eigenvalue weighted by atomic mass is 9.90. The van der Waals surface area contributed by atoms with Crippen molar-refractivity contribution in [2.45, 2.75) is 30.9 Å². The maximum atomic E-state index is 11.7. The van der Waals surface area contributed by atoms with E-state index in [9.17, 15) is 4.21 Å². The lowest BCUT2D eigenvalue weighted by Gasteiger charge is -2.13. The molecule has 2 nitrogen and oxygen atoms in total. The Hall–Kier alpha value is -0.660. The van der Waals surface area contributed by atoms with Gasteiger partial charge in [0, 0.05) is 5.75 Å². The zero-order valence-corrected chi connectivity index (χ0v) is 10.7. The lowest BCUT2D eigenvalue weighted by Crippen LogP contribution is -2.09. The van der Waals surface area contributed by atoms with Crippen LogP contribution in [0.4, 0.5) is 0 Å². The molecule has 82 valence electrons. The molecule has 1 aromatic heterocycles. The Kier molecular flexibility index (Phi) is 4.49. The van der Waals surface area contributed by atoms with Gasteiger partial charge in [0.1, 0.15) is 0 Å². The summed E-state index contributed by atoms with van der Waals surface area (Å²) in [5.41, 5.74) is -0.292. The summed E-state index contributed by atoms with van der Waals surface area (Å²) < 4.78 is 12.7. The van der Waals surface area contributed by atoms with Crippen molar-refractivity contribution in [3.05, 3.63) is 17.5 Å². The Bertz CT molecular complexity index is 362. The van der Waals surface area contributed by atoms with Crippen LogP contribution in [0, 0.1) is 16.7 Å². The van der Waals surface area contributed by atoms with Crippen molar-refractivity contribution in [3.8, 4) is 6.07 Å². The number of thiophene rings is 1. The van der Waals surface area contributed by atoms with Crippen LogP contribution >= 0.6 is 11.3 Å². The summed E-state index contributed by atoms with van der Waals surface area (Å²) in [7, 11) is -0.880. The van der Waals surface area contributed by atoms with Gasteiger partial charge in [0.05, 0.1) is 26.5 Å². The predicted octanol–water partition coefficient (Wildman–Crippen LogP) is 3.19. The molecule has 4 heteroatoms. The van der Waals surface area contributed by atoms with Crippen LogP contribution in [0.3, 0.4) is 0 Å². The normalized spacial score (nSPS) is 13.4. The molecule has 0 spiro atoms. The molecule has 0 bridgehead atoms. The van der Waals surface area contributed by atoms with E-state index in [1.54, 1.807) is 0 Å². The first-order chi connectivity index (χ1) is 7.05. The van der Waals surface area contributed by atoms with Gasteiger partial charge in [-0.1, -0.05) is 6.07 Å². The van der Waals surface area contributed by atoms with Gasteiger partial charge in [0.2, 0.25) is 0 Å². The Morgan fingerprint density at radius 3 is 2.87 bits per heavy atom. The molecule has 0 aromatic carbocycles. The smallest absolute Gasteiger partial charge is 0.0910 e. The van der Waals surface area contributed by atoms with Gasteiger partial charge < -0.3 is 0 Å². The van der Waals surface area contributed by atoms with E-state index in [2.05, 4.69) is 6.07 Å². The van der Waals surface area contributed by atoms with Gasteiger partial charge in [-0.3, -0.25) is 4.21 Å². The number of nitriles is 1. The van der Waals surface area contributed by atoms with Gasteiger partial charge in [-0.25, -0.2) is 0 Å². The number of rotatable bonds is 5. The van der Waals surface area contributed by atoms with E-state index in [0.29, 0.717) is 5.75 Å². The number of nitrogens with zero attached hydrogens (tertiary/aromatic N) is 1. The summed E-state index contributed by atoms with van der Waals surface area (Å²) >= 11 is 1.53. The molecular formula is C11H15NOS2. The van der Waals surface area contributed by atoms with Gasteiger partial charge in [-0.2, -0.15) is 5.26 Å². The van der Waals surface area contributed by atoms with Gasteiger partial charge in [-0.15, -0.1) is 11.3 Å². The highest BCUT2D eigenvalue weighted by atomic mass is 32.2. The van der Waals surface area contributed by atoms with Crippen LogP contribution in [-0.4, -0.2) is 9.96 Å². The van der Waals surface area contributed by atoms with Crippen molar-refractivity contribution in [1.82, 2.24) is 0 Å². The molecule has 0 aliphatic carbocycles. The van der Waals surface area contributed by atoms with E-state index in [-0.39, 0.29) is 5.41 Å². The van der Waals surface area contributed by atoms with Crippen LogP contribution in [0.2, 0.25) is 0 Å². The fourth-order valence-electron chi connectivity index (χ4n) is 1.19. The first-order valence-corrected chi connectivity index (χ1v) is 7.08. The summed E-state index contributed by atoms with van der Waals surface area (Å²) in [5, 5.41) is 10.8. The fourth-order valence-corrected chi connectivity index (χ4v) is 3.33. The molecule has 0 saturated carbocycles. The van der Waals surface area contributed by atoms with Crippen molar-refractivity contribution >= 4 is 22.1 Å². The minimum absolute atomic E-state index is 0.292. The number of hydrogen-bond donors (Lipinski definition) is 0. The lowest BCUT2D eigenvalue weighted by molar-refractivity contribution is 0.447. The third kappa shape index (κ3) is 4.15. The molecule has 15 heavy (non-hydrogen) atoms. The maximum Gasteiger partial charge on any atom is 0.0910 e. The molecule has 0 saturated heterocycles. The van der Waals surface area contributed by atoms with E-state index in [1.165, 1.54) is 11.3 Å². The molecule has 1 atom stereocenters. The Balaban J connectivity index is 2.34. The Morgan fingerprint density at radius 2 is 2.33 bits per heavy atom. The maximum absolute atomic E-state index is 11.7. The highest BCUT2D eigenvalue weighted by molar-refractivity contribution is 7.87. The molecule has 0 radical (unpaired) electrons. The Labute approximate surface area is 97.4 Å². The third-order valence-electron chi connectivity index (χ3n) is 2.15. The van der Waals surface area contributed by atoms with E-state index in [1.807, 2.05) is 31.4 Å². The highest BCUT2D eigenvalue weighted by Crippen LogP contribution is 2.22. The van der Waals surface area contributed by atoms with Crippen molar-refractivity contribution in [2.75, 3.05) is 5.75 Å². The molecule has 0 aliphatic heterocycles. The van der Waals surface area contributed by atoms with Crippen LogP contribution in [0.5, 0.6) is 0 Å². The molecule has 0 aliphatic rings. The largest absolute Gasteiger partial charge is 0.254 e. The zero-order valence-electron chi connectivity index (χ0n) is 9.03. The molecule has 1 rings (SSSR count). The summed E-state index contributed by atoms with van der Waals surface area (Å²) in [6.07, 6.45) is 1.64. The van der Waals surface area contributed by atoms with Crippen LogP contribution in [-0.2, 0) is 10.8 Å². The highest BCUT2D eigenvalue weighted by Gasteiger charge is 2.16. The van der Waals surface area contributed by atoms with Gasteiger partial charge >= 0.3 is 0 Å². The van der Waals surface area contributed by atoms with Crippen LogP contribution in [0.25, 0.3) is 0 Å². The summed E-state index contributed by atoms with van der Waals surface area (Å²) in [6.45, 7) is 3.84. The van der Waals surface area contributed by atoms with Crippen LogP contribution in [0.15, 0.2) is 21.7 Å². The SMILES string of the molecule is CC(C)(C#N)CCCS(=O)c1cccs1. The van der Waals surface area contributed by atoms with Crippen molar-refractivity contribution in [2.24, 2.45) is 5.41 Å². The van der Waals surface area contributed by atoms with Gasteiger partial charge in [0.25, 0.3) is 0 Å². The molecule has 1 aromatic rings. The standard InChI is InChI=1S/C11H15NOS2/c1-11(2,9-12)6-4-8-15(13)10-5-3-7-14-10/h3,5,7H,4,6,8H2,1-2H3. The van der Waals surface area contributed by atoms with Crippen molar-refractivity contribution in [1.29, 1.82) is 5.26 Å². The molecular weight excluding hydrogens is 226 g/mol. The monoisotopic (exact) mass is 241 g/mol. The minimum Gasteiger partial charge on any atom is -0.254 e. The van der Waals surface area contributed by atoms with E-state index >= 15 is 0 Å². The molecule has 0 N–H and O–H groups in total. The molecule has 1 heterocycles. The third-order valence-corrected chi connectivity index (χ3v) is 4.91. The van der Waals surface area contributed by atoms with E-state index < -0.39 is 10.8 Å². The molecule has 1 unspecified atom stereocenters. The van der Waals surface area contributed by atoms with E-state index in [0.717, 1.165) is 17.1 Å². The van der Waals surface area contributed by atoms with Gasteiger partial charge in [0.15, 0.2) is 0 Å². The summed E-state index contributed by atoms with van der Waals surface area (Å²) in [6, 6.07) is 6.07. The fraction of sp³-hybridized carbons (Fsp3) is 0.545. The average Bonchev–Trinajstić information content (AvgIpc) is 2.70. The topological polar surface area (TPSA) is 40.9 Å². The first-order valence-electron chi connectivity index (χ1n) is 4.88. The number of hydrogen-bond acceptors (Lipinski definition) is 3. The second-order valence-corrected chi connectivity index (χ2v) is 6.83. The molecule has 0 amide bonds. The Morgan fingerprint density at radius 1 is 1.60 bits per heavy atom. The summed E-state index contributed by atoms with van der Waals surface area (Å²) in [5.74, 6) is 0.658. The van der Waals surface area contributed by atoms with Crippen LogP contribution < -0.4 is 0 Å². The molecule has 0 fully saturated rings. The zero-order chi connectivity index (χ0) is 11.3.